The lowest BCUT2D eigenvalue weighted by atomic mass is 10.1. The minimum Gasteiger partial charge on any atom is -0.0620 e. The summed E-state index contributed by atoms with van der Waals surface area (Å²) in [5.41, 5.74) is 2.74. The van der Waals surface area contributed by atoms with Gasteiger partial charge in [-0.2, -0.15) is 0 Å². The van der Waals surface area contributed by atoms with E-state index in [1.54, 1.807) is 0 Å². The molecule has 11 heavy (non-hydrogen) atoms. The second kappa shape index (κ2) is 6.17. The third-order valence-electron chi connectivity index (χ3n) is 1.43. The van der Waals surface area contributed by atoms with E-state index in [0.29, 0.717) is 0 Å². The first-order chi connectivity index (χ1) is 5.22. The molecule has 0 aliphatic rings. The van der Waals surface area contributed by atoms with E-state index in [0.717, 1.165) is 0 Å². The molecular weight excluding hydrogens is 172 g/mol. The number of rotatable bonds is 0. The monoisotopic (exact) mass is 182 g/mol. The van der Waals surface area contributed by atoms with Gasteiger partial charge in [-0.15, -0.1) is 0 Å². The van der Waals surface area contributed by atoms with Gasteiger partial charge in [-0.1, -0.05) is 24.3 Å². The Morgan fingerprint density at radius 3 is 1.45 bits per heavy atom. The van der Waals surface area contributed by atoms with Gasteiger partial charge < -0.3 is 0 Å². The molecule has 1 aromatic rings. The first-order valence-corrected chi connectivity index (χ1v) is 4.05. The van der Waals surface area contributed by atoms with Crippen LogP contribution in [0.2, 0.25) is 0 Å². The quantitative estimate of drug-likeness (QED) is 0.564. The Kier molecular flexibility index (Phi) is 5.86. The summed E-state index contributed by atoms with van der Waals surface area (Å²) in [7, 11) is 0. The molecule has 0 heterocycles. The minimum atomic E-state index is 1.37. The summed E-state index contributed by atoms with van der Waals surface area (Å²) in [6.07, 6.45) is 0. The van der Waals surface area contributed by atoms with Crippen molar-refractivity contribution in [3.63, 3.8) is 0 Å². The standard InChI is InChI=1S/C8H10.CS2/c1-7-5-3-4-6-8(7)2;2-1-3/h3-6H,1-2H3;. The molecule has 0 bridgehead atoms. The predicted molar refractivity (Wildman–Crippen MR) is 56.1 cm³/mol. The molecule has 0 spiro atoms. The van der Waals surface area contributed by atoms with Crippen LogP contribution < -0.4 is 0 Å². The van der Waals surface area contributed by atoms with Crippen molar-refractivity contribution in [2.75, 3.05) is 0 Å². The molecule has 0 saturated heterocycles. The number of benzene rings is 1. The lowest BCUT2D eigenvalue weighted by molar-refractivity contribution is 1.34. The summed E-state index contributed by atoms with van der Waals surface area (Å²) in [6, 6.07) is 8.36. The van der Waals surface area contributed by atoms with Gasteiger partial charge in [0.15, 0.2) is 0 Å². The van der Waals surface area contributed by atoms with Crippen LogP contribution in [0.15, 0.2) is 24.3 Å². The second-order valence-corrected chi connectivity index (χ2v) is 2.83. The van der Waals surface area contributed by atoms with Crippen LogP contribution in [0.3, 0.4) is 0 Å². The minimum absolute atomic E-state index is 1.37. The molecule has 2 heteroatoms. The molecule has 0 unspecified atom stereocenters. The molecule has 58 valence electrons. The van der Waals surface area contributed by atoms with Gasteiger partial charge in [-0.3, -0.25) is 0 Å². The first kappa shape index (κ1) is 10.4. The maximum absolute atomic E-state index is 3.96. The van der Waals surface area contributed by atoms with Crippen molar-refractivity contribution in [3.05, 3.63) is 35.4 Å². The average Bonchev–Trinajstić information content (AvgIpc) is 1.97. The molecule has 0 radical (unpaired) electrons. The number of hydrogen-bond donors (Lipinski definition) is 0. The molecule has 0 nitrogen and oxygen atoms in total. The van der Waals surface area contributed by atoms with Crippen molar-refractivity contribution in [3.8, 4) is 0 Å². The van der Waals surface area contributed by atoms with Crippen LogP contribution in [-0.4, -0.2) is 4.31 Å². The van der Waals surface area contributed by atoms with Gasteiger partial charge in [0.1, 0.15) is 0 Å². The summed E-state index contributed by atoms with van der Waals surface area (Å²) >= 11 is 7.92. The Hall–Kier alpha value is -0.560. The summed E-state index contributed by atoms with van der Waals surface area (Å²) in [5.74, 6) is 0. The van der Waals surface area contributed by atoms with Gasteiger partial charge in [0, 0.05) is 4.31 Å². The summed E-state index contributed by atoms with van der Waals surface area (Å²) < 4.78 is 1.92. The Balaban J connectivity index is 0.000000292. The van der Waals surface area contributed by atoms with Gasteiger partial charge in [0.25, 0.3) is 0 Å². The van der Waals surface area contributed by atoms with Gasteiger partial charge in [-0.25, -0.2) is 0 Å². The van der Waals surface area contributed by atoms with E-state index in [-0.39, 0.29) is 0 Å². The van der Waals surface area contributed by atoms with E-state index in [1.807, 2.05) is 4.31 Å². The van der Waals surface area contributed by atoms with Crippen molar-refractivity contribution in [2.24, 2.45) is 0 Å². The fraction of sp³-hybridized carbons (Fsp3) is 0.222. The Morgan fingerprint density at radius 1 is 1.00 bits per heavy atom. The number of aryl methyl sites for hydroxylation is 2. The van der Waals surface area contributed by atoms with Crippen LogP contribution in [0.5, 0.6) is 0 Å². The maximum Gasteiger partial charge on any atom is 0.0297 e. The topological polar surface area (TPSA) is 0 Å². The Labute approximate surface area is 78.2 Å². The normalized spacial score (nSPS) is 7.45. The lowest BCUT2D eigenvalue weighted by Crippen LogP contribution is -1.74. The van der Waals surface area contributed by atoms with E-state index in [4.69, 9.17) is 0 Å². The predicted octanol–water partition coefficient (Wildman–Crippen LogP) is 3.32. The maximum atomic E-state index is 3.96. The summed E-state index contributed by atoms with van der Waals surface area (Å²) in [5, 5.41) is 0. The van der Waals surface area contributed by atoms with E-state index in [1.165, 1.54) is 11.1 Å². The van der Waals surface area contributed by atoms with Gasteiger partial charge in [-0.05, 0) is 49.4 Å². The lowest BCUT2D eigenvalue weighted by Gasteiger charge is -1.93. The van der Waals surface area contributed by atoms with Crippen molar-refractivity contribution >= 4 is 28.7 Å². The highest BCUT2D eigenvalue weighted by Gasteiger charge is 1.83. The van der Waals surface area contributed by atoms with Gasteiger partial charge in [0.05, 0.1) is 0 Å². The molecule has 0 saturated carbocycles. The number of thiocarbonyl (C=S) groups is 2. The molecule has 1 rings (SSSR count). The van der Waals surface area contributed by atoms with Gasteiger partial charge in [0.2, 0.25) is 0 Å². The highest BCUT2D eigenvalue weighted by atomic mass is 32.1. The van der Waals surface area contributed by atoms with Gasteiger partial charge >= 0.3 is 0 Å². The summed E-state index contributed by atoms with van der Waals surface area (Å²) in [6.45, 7) is 4.24. The first-order valence-electron chi connectivity index (χ1n) is 3.24. The highest BCUT2D eigenvalue weighted by Crippen LogP contribution is 2.02. The van der Waals surface area contributed by atoms with E-state index in [9.17, 15) is 0 Å². The van der Waals surface area contributed by atoms with Crippen LogP contribution in [-0.2, 0) is 0 Å². The van der Waals surface area contributed by atoms with Crippen LogP contribution >= 0.6 is 24.4 Å². The molecule has 1 aromatic carbocycles. The average molecular weight is 182 g/mol. The Morgan fingerprint density at radius 2 is 1.27 bits per heavy atom. The van der Waals surface area contributed by atoms with Crippen LogP contribution in [0.1, 0.15) is 11.1 Å². The molecule has 0 aliphatic heterocycles. The SMILES string of the molecule is Cc1ccccc1C.S=C=S. The van der Waals surface area contributed by atoms with Crippen molar-refractivity contribution in [1.29, 1.82) is 0 Å². The van der Waals surface area contributed by atoms with E-state index >= 15 is 0 Å². The van der Waals surface area contributed by atoms with Crippen LogP contribution in [0.4, 0.5) is 0 Å². The molecule has 0 aromatic heterocycles. The molecular formula is C9H10S2. The molecule has 0 fully saturated rings. The van der Waals surface area contributed by atoms with Crippen LogP contribution in [0.25, 0.3) is 0 Å². The second-order valence-electron chi connectivity index (χ2n) is 2.17. The highest BCUT2D eigenvalue weighted by molar-refractivity contribution is 7.93. The summed E-state index contributed by atoms with van der Waals surface area (Å²) in [4.78, 5) is 0. The Bertz CT molecular complexity index is 226. The third-order valence-corrected chi connectivity index (χ3v) is 1.43. The molecule has 0 aliphatic carbocycles. The third kappa shape index (κ3) is 4.79. The fourth-order valence-corrected chi connectivity index (χ4v) is 0.663. The zero-order valence-corrected chi connectivity index (χ0v) is 8.26. The van der Waals surface area contributed by atoms with Crippen molar-refractivity contribution in [2.45, 2.75) is 13.8 Å². The molecule has 0 atom stereocenters. The smallest absolute Gasteiger partial charge is 0.0297 e. The largest absolute Gasteiger partial charge is 0.0620 e. The van der Waals surface area contributed by atoms with E-state index < -0.39 is 0 Å². The zero-order valence-electron chi connectivity index (χ0n) is 6.63. The number of hydrogen-bond acceptors (Lipinski definition) is 2. The molecule has 0 N–H and O–H groups in total. The van der Waals surface area contributed by atoms with Crippen LogP contribution in [0, 0.1) is 13.8 Å². The van der Waals surface area contributed by atoms with Crippen molar-refractivity contribution in [1.82, 2.24) is 0 Å². The van der Waals surface area contributed by atoms with Crippen molar-refractivity contribution < 1.29 is 0 Å². The fourth-order valence-electron chi connectivity index (χ4n) is 0.663. The zero-order chi connectivity index (χ0) is 8.69. The molecule has 0 amide bonds. The van der Waals surface area contributed by atoms with E-state index in [2.05, 4.69) is 62.5 Å².